The van der Waals surface area contributed by atoms with Crippen LogP contribution in [0.3, 0.4) is 0 Å². The average molecular weight is 305 g/mol. The highest BCUT2D eigenvalue weighted by Crippen LogP contribution is 2.31. The summed E-state index contributed by atoms with van der Waals surface area (Å²) in [7, 11) is 0. The third-order valence-corrected chi connectivity index (χ3v) is 3.50. The monoisotopic (exact) mass is 305 g/mol. The number of hydrogen-bond donors (Lipinski definition) is 3. The summed E-state index contributed by atoms with van der Waals surface area (Å²) in [6.45, 7) is 0.587. The normalized spacial score (nSPS) is 19.7. The Morgan fingerprint density at radius 3 is 2.76 bits per heavy atom. The highest BCUT2D eigenvalue weighted by molar-refractivity contribution is 5.50. The first-order chi connectivity index (χ1) is 9.95. The number of anilines is 2. The summed E-state index contributed by atoms with van der Waals surface area (Å²) in [5.41, 5.74) is 2.14. The standard InChI is InChI=1S/C12H18F3N5O/c13-12(14,15)11-17-9(19-16)7-10(18-11)20-5-2-1-3-8(20)4-6-21/h7-8,21H,1-6,16H2,(H,17,18,19). The minimum atomic E-state index is -4.64. The Morgan fingerprint density at radius 2 is 2.14 bits per heavy atom. The zero-order valence-corrected chi connectivity index (χ0v) is 11.4. The van der Waals surface area contributed by atoms with E-state index in [0.717, 1.165) is 19.3 Å². The van der Waals surface area contributed by atoms with E-state index in [1.165, 1.54) is 6.07 Å². The van der Waals surface area contributed by atoms with E-state index in [-0.39, 0.29) is 24.3 Å². The first-order valence-corrected chi connectivity index (χ1v) is 6.76. The SMILES string of the molecule is NNc1cc(N2CCCCC2CCO)nc(C(F)(F)F)n1. The maximum absolute atomic E-state index is 12.8. The van der Waals surface area contributed by atoms with Gasteiger partial charge in [-0.2, -0.15) is 13.2 Å². The molecule has 6 nitrogen and oxygen atoms in total. The lowest BCUT2D eigenvalue weighted by atomic mass is 9.99. The maximum atomic E-state index is 12.8. The topological polar surface area (TPSA) is 87.3 Å². The van der Waals surface area contributed by atoms with Crippen LogP contribution in [0.25, 0.3) is 0 Å². The summed E-state index contributed by atoms with van der Waals surface area (Å²) in [5.74, 6) is 4.07. The third kappa shape index (κ3) is 3.73. The van der Waals surface area contributed by atoms with Crippen molar-refractivity contribution >= 4 is 11.6 Å². The quantitative estimate of drug-likeness (QED) is 0.577. The smallest absolute Gasteiger partial charge is 0.396 e. The summed E-state index contributed by atoms with van der Waals surface area (Å²) in [5, 5.41) is 9.10. The number of nitrogens with two attached hydrogens (primary N) is 1. The van der Waals surface area contributed by atoms with Crippen molar-refractivity contribution < 1.29 is 18.3 Å². The molecular formula is C12H18F3N5O. The van der Waals surface area contributed by atoms with Crippen molar-refractivity contribution in [3.8, 4) is 0 Å². The number of rotatable bonds is 4. The molecule has 1 fully saturated rings. The van der Waals surface area contributed by atoms with E-state index in [1.54, 1.807) is 4.90 Å². The van der Waals surface area contributed by atoms with E-state index in [2.05, 4.69) is 15.4 Å². The van der Waals surface area contributed by atoms with Crippen LogP contribution in [0.5, 0.6) is 0 Å². The fourth-order valence-electron chi connectivity index (χ4n) is 2.53. The zero-order valence-electron chi connectivity index (χ0n) is 11.4. The van der Waals surface area contributed by atoms with Crippen LogP contribution in [-0.2, 0) is 6.18 Å². The lowest BCUT2D eigenvalue weighted by molar-refractivity contribution is -0.144. The van der Waals surface area contributed by atoms with Crippen molar-refractivity contribution in [2.24, 2.45) is 5.84 Å². The maximum Gasteiger partial charge on any atom is 0.451 e. The van der Waals surface area contributed by atoms with Crippen LogP contribution in [0.4, 0.5) is 24.8 Å². The number of nitrogen functional groups attached to an aromatic ring is 1. The van der Waals surface area contributed by atoms with E-state index >= 15 is 0 Å². The molecule has 1 aromatic heterocycles. The number of aliphatic hydroxyl groups excluding tert-OH is 1. The number of hydrogen-bond acceptors (Lipinski definition) is 6. The van der Waals surface area contributed by atoms with Gasteiger partial charge in [0.25, 0.3) is 0 Å². The summed E-state index contributed by atoms with van der Waals surface area (Å²) >= 11 is 0. The Morgan fingerprint density at radius 1 is 1.38 bits per heavy atom. The van der Waals surface area contributed by atoms with Crippen LogP contribution in [0.2, 0.25) is 0 Å². The van der Waals surface area contributed by atoms with Gasteiger partial charge in [0.2, 0.25) is 5.82 Å². The minimum Gasteiger partial charge on any atom is -0.396 e. The molecule has 1 unspecified atom stereocenters. The van der Waals surface area contributed by atoms with Gasteiger partial charge in [-0.05, 0) is 25.7 Å². The Labute approximate surface area is 120 Å². The number of aliphatic hydroxyl groups is 1. The van der Waals surface area contributed by atoms with E-state index in [4.69, 9.17) is 10.9 Å². The fraction of sp³-hybridized carbons (Fsp3) is 0.667. The highest BCUT2D eigenvalue weighted by Gasteiger charge is 2.36. The highest BCUT2D eigenvalue weighted by atomic mass is 19.4. The molecule has 0 amide bonds. The molecule has 1 atom stereocenters. The molecule has 0 aliphatic carbocycles. The van der Waals surface area contributed by atoms with Gasteiger partial charge < -0.3 is 15.4 Å². The first kappa shape index (κ1) is 15.8. The molecule has 1 aliphatic rings. The summed E-state index contributed by atoms with van der Waals surface area (Å²) < 4.78 is 38.5. The van der Waals surface area contributed by atoms with Crippen molar-refractivity contribution in [1.29, 1.82) is 0 Å². The van der Waals surface area contributed by atoms with Crippen molar-refractivity contribution in [2.75, 3.05) is 23.5 Å². The lowest BCUT2D eigenvalue weighted by Crippen LogP contribution is -2.41. The van der Waals surface area contributed by atoms with Gasteiger partial charge in [0.15, 0.2) is 0 Å². The predicted octanol–water partition coefficient (Wildman–Crippen LogP) is 1.52. The summed E-state index contributed by atoms with van der Waals surface area (Å²) in [6, 6.07) is 1.37. The number of nitrogens with one attached hydrogen (secondary N) is 1. The molecule has 21 heavy (non-hydrogen) atoms. The van der Waals surface area contributed by atoms with Gasteiger partial charge in [0.05, 0.1) is 0 Å². The lowest BCUT2D eigenvalue weighted by Gasteiger charge is -2.36. The molecule has 2 heterocycles. The van der Waals surface area contributed by atoms with Crippen LogP contribution < -0.4 is 16.2 Å². The number of alkyl halides is 3. The molecule has 1 aliphatic heterocycles. The van der Waals surface area contributed by atoms with Gasteiger partial charge in [0.1, 0.15) is 11.6 Å². The Bertz CT molecular complexity index is 480. The molecule has 0 saturated carbocycles. The van der Waals surface area contributed by atoms with Gasteiger partial charge >= 0.3 is 6.18 Å². The number of aromatic nitrogens is 2. The van der Waals surface area contributed by atoms with Gasteiger partial charge in [-0.3, -0.25) is 0 Å². The second-order valence-corrected chi connectivity index (χ2v) is 4.93. The molecular weight excluding hydrogens is 287 g/mol. The molecule has 4 N–H and O–H groups in total. The third-order valence-electron chi connectivity index (χ3n) is 3.50. The number of hydrazine groups is 1. The molecule has 0 bridgehead atoms. The molecule has 0 radical (unpaired) electrons. The second-order valence-electron chi connectivity index (χ2n) is 4.93. The minimum absolute atomic E-state index is 0.0135. The molecule has 1 aromatic rings. The zero-order chi connectivity index (χ0) is 15.5. The molecule has 0 spiro atoms. The number of halogens is 3. The van der Waals surface area contributed by atoms with Crippen LogP contribution in [0.15, 0.2) is 6.07 Å². The van der Waals surface area contributed by atoms with Crippen molar-refractivity contribution in [3.05, 3.63) is 11.9 Å². The van der Waals surface area contributed by atoms with Crippen LogP contribution in [0, 0.1) is 0 Å². The Balaban J connectivity index is 2.36. The second kappa shape index (κ2) is 6.44. The van der Waals surface area contributed by atoms with E-state index in [1.807, 2.05) is 0 Å². The van der Waals surface area contributed by atoms with Crippen LogP contribution >= 0.6 is 0 Å². The van der Waals surface area contributed by atoms with Gasteiger partial charge in [-0.15, -0.1) is 0 Å². The molecule has 2 rings (SSSR count). The fourth-order valence-corrected chi connectivity index (χ4v) is 2.53. The Hall–Kier alpha value is -1.61. The van der Waals surface area contributed by atoms with Crippen molar-refractivity contribution in [2.45, 2.75) is 37.9 Å². The largest absolute Gasteiger partial charge is 0.451 e. The van der Waals surface area contributed by atoms with Crippen LogP contribution in [0.1, 0.15) is 31.5 Å². The van der Waals surface area contributed by atoms with Gasteiger partial charge in [-0.1, -0.05) is 0 Å². The molecule has 118 valence electrons. The predicted molar refractivity (Wildman–Crippen MR) is 71.5 cm³/mol. The number of nitrogens with zero attached hydrogens (tertiary/aromatic N) is 3. The Kier molecular flexibility index (Phi) is 4.84. The van der Waals surface area contributed by atoms with E-state index < -0.39 is 12.0 Å². The number of piperidine rings is 1. The first-order valence-electron chi connectivity index (χ1n) is 6.76. The molecule has 0 aromatic carbocycles. The van der Waals surface area contributed by atoms with E-state index in [0.29, 0.717) is 13.0 Å². The summed E-state index contributed by atoms with van der Waals surface area (Å²) in [6.07, 6.45) is -1.46. The average Bonchev–Trinajstić information content (AvgIpc) is 2.47. The molecule has 9 heteroatoms. The van der Waals surface area contributed by atoms with E-state index in [9.17, 15) is 13.2 Å². The van der Waals surface area contributed by atoms with Crippen LogP contribution in [-0.4, -0.2) is 34.3 Å². The van der Waals surface area contributed by atoms with Gasteiger partial charge in [0, 0.05) is 25.3 Å². The summed E-state index contributed by atoms with van der Waals surface area (Å²) in [4.78, 5) is 8.75. The van der Waals surface area contributed by atoms with Crippen molar-refractivity contribution in [1.82, 2.24) is 9.97 Å². The van der Waals surface area contributed by atoms with Gasteiger partial charge in [-0.25, -0.2) is 15.8 Å². The molecule has 1 saturated heterocycles. The van der Waals surface area contributed by atoms with Crippen molar-refractivity contribution in [3.63, 3.8) is 0 Å².